The lowest BCUT2D eigenvalue weighted by atomic mass is 10.2. The van der Waals surface area contributed by atoms with Crippen LogP contribution in [0.5, 0.6) is 0 Å². The molecule has 0 amide bonds. The van der Waals surface area contributed by atoms with Crippen LogP contribution in [0.4, 0.5) is 0 Å². The maximum atomic E-state index is 6.07. The van der Waals surface area contributed by atoms with E-state index in [-0.39, 0.29) is 6.04 Å². The first-order valence-corrected chi connectivity index (χ1v) is 6.16. The van der Waals surface area contributed by atoms with Gasteiger partial charge in [-0.25, -0.2) is 4.98 Å². The van der Waals surface area contributed by atoms with Gasteiger partial charge in [-0.1, -0.05) is 11.6 Å². The molecule has 0 saturated heterocycles. The van der Waals surface area contributed by atoms with Crippen molar-refractivity contribution in [3.8, 4) is 0 Å². The number of hydrogen-bond donors (Lipinski definition) is 1. The average molecular weight is 245 g/mol. The van der Waals surface area contributed by atoms with E-state index in [0.29, 0.717) is 0 Å². The molecule has 2 N–H and O–H groups in total. The monoisotopic (exact) mass is 244 g/mol. The predicted octanol–water partition coefficient (Wildman–Crippen LogP) is 3.21. The molecule has 0 aromatic carbocycles. The van der Waals surface area contributed by atoms with Crippen molar-refractivity contribution in [1.82, 2.24) is 4.98 Å². The Balaban J connectivity index is 2.33. The molecule has 0 aliphatic rings. The van der Waals surface area contributed by atoms with Crippen LogP contribution in [0.3, 0.4) is 0 Å². The molecule has 2 nitrogen and oxygen atoms in total. The van der Waals surface area contributed by atoms with E-state index in [4.69, 9.17) is 17.3 Å². The normalized spacial score (nSPS) is 13.1. The standard InChI is InChI=1S/C9H9ClN2S2/c1-5-12-4-7(14-5)8(11)9-6(10)2-3-13-9/h2-4,8H,11H2,1H3. The maximum absolute atomic E-state index is 6.07. The highest BCUT2D eigenvalue weighted by Crippen LogP contribution is 2.33. The number of thiazole rings is 1. The molecule has 0 bridgehead atoms. The second-order valence-corrected chi connectivity index (χ2v) is 5.51. The quantitative estimate of drug-likeness (QED) is 0.881. The maximum Gasteiger partial charge on any atom is 0.0897 e. The lowest BCUT2D eigenvalue weighted by Crippen LogP contribution is -2.08. The summed E-state index contributed by atoms with van der Waals surface area (Å²) in [6, 6.07) is 1.74. The Morgan fingerprint density at radius 3 is 2.86 bits per heavy atom. The van der Waals surface area contributed by atoms with E-state index in [1.54, 1.807) is 22.7 Å². The van der Waals surface area contributed by atoms with Gasteiger partial charge in [0.25, 0.3) is 0 Å². The molecule has 74 valence electrons. The minimum atomic E-state index is -0.131. The van der Waals surface area contributed by atoms with Gasteiger partial charge in [-0.2, -0.15) is 0 Å². The zero-order valence-electron chi connectivity index (χ0n) is 7.53. The van der Waals surface area contributed by atoms with Crippen LogP contribution in [-0.4, -0.2) is 4.98 Å². The summed E-state index contributed by atoms with van der Waals surface area (Å²) in [6.45, 7) is 1.97. The van der Waals surface area contributed by atoms with Gasteiger partial charge in [0.15, 0.2) is 0 Å². The van der Waals surface area contributed by atoms with E-state index in [1.165, 1.54) is 0 Å². The molecule has 2 aromatic heterocycles. The van der Waals surface area contributed by atoms with E-state index in [9.17, 15) is 0 Å². The minimum Gasteiger partial charge on any atom is -0.319 e. The van der Waals surface area contributed by atoms with Gasteiger partial charge in [0, 0.05) is 16.0 Å². The predicted molar refractivity (Wildman–Crippen MR) is 62.2 cm³/mol. The Labute approximate surface area is 95.4 Å². The molecule has 2 aromatic rings. The molecule has 0 fully saturated rings. The van der Waals surface area contributed by atoms with Crippen LogP contribution in [0.1, 0.15) is 20.8 Å². The Bertz CT molecular complexity index is 435. The highest BCUT2D eigenvalue weighted by molar-refractivity contribution is 7.12. The number of hydrogen-bond acceptors (Lipinski definition) is 4. The highest BCUT2D eigenvalue weighted by Gasteiger charge is 2.15. The lowest BCUT2D eigenvalue weighted by molar-refractivity contribution is 0.912. The van der Waals surface area contributed by atoms with E-state index >= 15 is 0 Å². The fourth-order valence-electron chi connectivity index (χ4n) is 1.18. The second-order valence-electron chi connectivity index (χ2n) is 2.89. The molecule has 0 radical (unpaired) electrons. The van der Waals surface area contributed by atoms with Gasteiger partial charge < -0.3 is 5.73 Å². The molecule has 0 aliphatic heterocycles. The van der Waals surface area contributed by atoms with Crippen molar-refractivity contribution in [3.63, 3.8) is 0 Å². The fourth-order valence-corrected chi connectivity index (χ4v) is 3.24. The molecule has 0 aliphatic carbocycles. The van der Waals surface area contributed by atoms with Gasteiger partial charge in [0.1, 0.15) is 0 Å². The van der Waals surface area contributed by atoms with Crippen LogP contribution in [0.15, 0.2) is 17.6 Å². The summed E-state index contributed by atoms with van der Waals surface area (Å²) in [7, 11) is 0. The summed E-state index contributed by atoms with van der Waals surface area (Å²) in [5, 5.41) is 3.72. The third-order valence-electron chi connectivity index (χ3n) is 1.87. The summed E-state index contributed by atoms with van der Waals surface area (Å²) in [6.07, 6.45) is 1.82. The summed E-state index contributed by atoms with van der Waals surface area (Å²) in [5.41, 5.74) is 6.07. The number of aromatic nitrogens is 1. The SMILES string of the molecule is Cc1ncc(C(N)c2sccc2Cl)s1. The van der Waals surface area contributed by atoms with Crippen molar-refractivity contribution in [3.05, 3.63) is 37.4 Å². The zero-order valence-corrected chi connectivity index (χ0v) is 9.92. The third kappa shape index (κ3) is 1.83. The van der Waals surface area contributed by atoms with Gasteiger partial charge >= 0.3 is 0 Å². The number of rotatable bonds is 2. The number of aryl methyl sites for hydroxylation is 1. The average Bonchev–Trinajstić information content (AvgIpc) is 2.73. The summed E-state index contributed by atoms with van der Waals surface area (Å²) >= 11 is 9.20. The molecular formula is C9H9ClN2S2. The van der Waals surface area contributed by atoms with Crippen LogP contribution < -0.4 is 5.73 Å². The minimum absolute atomic E-state index is 0.131. The molecule has 2 rings (SSSR count). The van der Waals surface area contributed by atoms with E-state index < -0.39 is 0 Å². The van der Waals surface area contributed by atoms with Gasteiger partial charge in [0.05, 0.1) is 16.1 Å². The molecule has 5 heteroatoms. The summed E-state index contributed by atoms with van der Waals surface area (Å²) in [5.74, 6) is 0. The van der Waals surface area contributed by atoms with Crippen molar-refractivity contribution < 1.29 is 0 Å². The smallest absolute Gasteiger partial charge is 0.0897 e. The van der Waals surface area contributed by atoms with Crippen LogP contribution in [0.25, 0.3) is 0 Å². The first-order valence-electron chi connectivity index (χ1n) is 4.09. The van der Waals surface area contributed by atoms with Crippen LogP contribution in [0.2, 0.25) is 5.02 Å². The summed E-state index contributed by atoms with van der Waals surface area (Å²) in [4.78, 5) is 6.25. The number of nitrogens with two attached hydrogens (primary N) is 1. The lowest BCUT2D eigenvalue weighted by Gasteiger charge is -2.06. The van der Waals surface area contributed by atoms with Gasteiger partial charge in [-0.3, -0.25) is 0 Å². The molecular weight excluding hydrogens is 236 g/mol. The highest BCUT2D eigenvalue weighted by atomic mass is 35.5. The Kier molecular flexibility index (Phi) is 2.88. The Morgan fingerprint density at radius 1 is 1.57 bits per heavy atom. The molecule has 0 spiro atoms. The Hall–Kier alpha value is -0.420. The van der Waals surface area contributed by atoms with Crippen LogP contribution in [-0.2, 0) is 0 Å². The number of halogens is 1. The fraction of sp³-hybridized carbons (Fsp3) is 0.222. The number of nitrogens with zero attached hydrogens (tertiary/aromatic N) is 1. The topological polar surface area (TPSA) is 38.9 Å². The molecule has 1 atom stereocenters. The van der Waals surface area contributed by atoms with E-state index in [1.807, 2.05) is 24.6 Å². The van der Waals surface area contributed by atoms with Gasteiger partial charge in [0.2, 0.25) is 0 Å². The second kappa shape index (κ2) is 3.98. The van der Waals surface area contributed by atoms with Crippen molar-refractivity contribution in [2.75, 3.05) is 0 Å². The number of thiophene rings is 1. The van der Waals surface area contributed by atoms with Crippen LogP contribution in [0, 0.1) is 6.92 Å². The molecule has 1 unspecified atom stereocenters. The largest absolute Gasteiger partial charge is 0.319 e. The first-order chi connectivity index (χ1) is 6.68. The molecule has 2 heterocycles. The van der Waals surface area contributed by atoms with Crippen LogP contribution >= 0.6 is 34.3 Å². The summed E-state index contributed by atoms with van der Waals surface area (Å²) < 4.78 is 0. The van der Waals surface area contributed by atoms with E-state index in [0.717, 1.165) is 19.8 Å². The molecule has 14 heavy (non-hydrogen) atoms. The van der Waals surface area contributed by atoms with Crippen molar-refractivity contribution in [2.45, 2.75) is 13.0 Å². The van der Waals surface area contributed by atoms with E-state index in [2.05, 4.69) is 4.98 Å². The van der Waals surface area contributed by atoms with Gasteiger partial charge in [-0.15, -0.1) is 22.7 Å². The third-order valence-corrected chi connectivity index (χ3v) is 4.31. The zero-order chi connectivity index (χ0) is 10.1. The molecule has 0 saturated carbocycles. The van der Waals surface area contributed by atoms with Crippen molar-refractivity contribution >= 4 is 34.3 Å². The Morgan fingerprint density at radius 2 is 2.36 bits per heavy atom. The van der Waals surface area contributed by atoms with Crippen molar-refractivity contribution in [1.29, 1.82) is 0 Å². The van der Waals surface area contributed by atoms with Crippen molar-refractivity contribution in [2.24, 2.45) is 5.73 Å². The first kappa shape index (κ1) is 10.1. The van der Waals surface area contributed by atoms with Gasteiger partial charge in [-0.05, 0) is 18.4 Å².